The van der Waals surface area contributed by atoms with Gasteiger partial charge in [-0.2, -0.15) is 0 Å². The van der Waals surface area contributed by atoms with Crippen LogP contribution in [0.25, 0.3) is 0 Å². The number of piperidine rings is 1. The summed E-state index contributed by atoms with van der Waals surface area (Å²) in [5.74, 6) is -0.0537. The number of halogens is 1. The van der Waals surface area contributed by atoms with Crippen molar-refractivity contribution in [3.63, 3.8) is 0 Å². The van der Waals surface area contributed by atoms with Gasteiger partial charge in [-0.1, -0.05) is 24.3 Å². The minimum absolute atomic E-state index is 0.00110. The van der Waals surface area contributed by atoms with Gasteiger partial charge in [0, 0.05) is 57.4 Å². The molecule has 2 aromatic rings. The Morgan fingerprint density at radius 3 is 2.23 bits per heavy atom. The lowest BCUT2D eigenvalue weighted by Gasteiger charge is -2.40. The van der Waals surface area contributed by atoms with Gasteiger partial charge >= 0.3 is 6.09 Å². The number of ether oxygens (including phenoxy) is 1. The molecule has 0 N–H and O–H groups in total. The van der Waals surface area contributed by atoms with Gasteiger partial charge in [0.05, 0.1) is 0 Å². The zero-order chi connectivity index (χ0) is 28.2. The van der Waals surface area contributed by atoms with E-state index in [1.165, 1.54) is 11.6 Å². The Hall–Kier alpha value is -2.97. The molecule has 2 heterocycles. The lowest BCUT2D eigenvalue weighted by molar-refractivity contribution is -0.123. The normalized spacial score (nSPS) is 19.6. The van der Waals surface area contributed by atoms with Crippen molar-refractivity contribution in [2.75, 3.05) is 44.7 Å². The summed E-state index contributed by atoms with van der Waals surface area (Å²) in [5, 5.41) is 0. The quantitative estimate of drug-likeness (QED) is 0.510. The number of anilines is 1. The van der Waals surface area contributed by atoms with Crippen LogP contribution in [0.15, 0.2) is 48.5 Å². The van der Waals surface area contributed by atoms with Gasteiger partial charge in [0.2, 0.25) is 5.91 Å². The first kappa shape index (κ1) is 29.0. The van der Waals surface area contributed by atoms with Crippen LogP contribution in [-0.4, -0.2) is 78.1 Å². The van der Waals surface area contributed by atoms with E-state index in [9.17, 15) is 14.0 Å². The second-order valence-corrected chi connectivity index (χ2v) is 12.0. The van der Waals surface area contributed by atoms with Crippen LogP contribution >= 0.6 is 0 Å². The van der Waals surface area contributed by atoms with Gasteiger partial charge in [0.25, 0.3) is 0 Å². The molecular weight excluding hydrogens is 495 g/mol. The highest BCUT2D eigenvalue weighted by Crippen LogP contribution is 2.25. The average molecular weight is 539 g/mol. The highest BCUT2D eigenvalue weighted by atomic mass is 19.1. The summed E-state index contributed by atoms with van der Waals surface area (Å²) in [4.78, 5) is 34.0. The number of carbonyl (C=O) groups is 2. The summed E-state index contributed by atoms with van der Waals surface area (Å²) in [5.41, 5.74) is 2.56. The molecule has 0 radical (unpaired) electrons. The molecular formula is C31H43FN4O3. The number of benzene rings is 2. The van der Waals surface area contributed by atoms with Crippen LogP contribution < -0.4 is 4.90 Å². The van der Waals surface area contributed by atoms with Crippen molar-refractivity contribution in [2.45, 2.75) is 65.3 Å². The highest BCUT2D eigenvalue weighted by molar-refractivity contribution is 5.94. The van der Waals surface area contributed by atoms with Gasteiger partial charge < -0.3 is 14.5 Å². The van der Waals surface area contributed by atoms with E-state index in [1.807, 2.05) is 50.9 Å². The third-order valence-electron chi connectivity index (χ3n) is 7.63. The van der Waals surface area contributed by atoms with Crippen LogP contribution in [0, 0.1) is 11.7 Å². The Labute approximate surface area is 232 Å². The first-order valence-electron chi connectivity index (χ1n) is 14.0. The Kier molecular flexibility index (Phi) is 9.28. The number of likely N-dealkylation sites (tertiary alicyclic amines) is 1. The summed E-state index contributed by atoms with van der Waals surface area (Å²) < 4.78 is 19.0. The summed E-state index contributed by atoms with van der Waals surface area (Å²) >= 11 is 0. The van der Waals surface area contributed by atoms with Crippen molar-refractivity contribution in [1.82, 2.24) is 14.7 Å². The van der Waals surface area contributed by atoms with E-state index in [2.05, 4.69) is 28.9 Å². The van der Waals surface area contributed by atoms with Crippen molar-refractivity contribution in [1.29, 1.82) is 0 Å². The van der Waals surface area contributed by atoms with E-state index in [4.69, 9.17) is 4.74 Å². The Morgan fingerprint density at radius 1 is 0.949 bits per heavy atom. The SMILES string of the molecule is C[C@H]1CN(Cc2ccc(N(C)C(=O)C3CCN(Cc4cccc(F)c4)CC3)cc2)CCN1C(=O)OC(C)(C)C. The first-order chi connectivity index (χ1) is 18.5. The van der Waals surface area contributed by atoms with Gasteiger partial charge in [-0.05, 0) is 89.0 Å². The minimum atomic E-state index is -0.494. The number of hydrogen-bond donors (Lipinski definition) is 0. The first-order valence-corrected chi connectivity index (χ1v) is 14.0. The maximum Gasteiger partial charge on any atom is 0.410 e. The highest BCUT2D eigenvalue weighted by Gasteiger charge is 2.31. The fourth-order valence-electron chi connectivity index (χ4n) is 5.48. The molecule has 212 valence electrons. The Balaban J connectivity index is 1.24. The van der Waals surface area contributed by atoms with Crippen LogP contribution in [0.4, 0.5) is 14.9 Å². The van der Waals surface area contributed by atoms with Gasteiger partial charge in [0.1, 0.15) is 11.4 Å². The Morgan fingerprint density at radius 2 is 1.62 bits per heavy atom. The molecule has 2 amide bonds. The number of carbonyl (C=O) groups excluding carboxylic acids is 2. The smallest absolute Gasteiger partial charge is 0.410 e. The van der Waals surface area contributed by atoms with Gasteiger partial charge in [-0.3, -0.25) is 14.6 Å². The molecule has 2 aliphatic rings. The average Bonchev–Trinajstić information content (AvgIpc) is 2.88. The van der Waals surface area contributed by atoms with Gasteiger partial charge in [-0.25, -0.2) is 9.18 Å². The molecule has 0 bridgehead atoms. The van der Waals surface area contributed by atoms with Crippen LogP contribution in [0.5, 0.6) is 0 Å². The van der Waals surface area contributed by atoms with Crippen molar-refractivity contribution in [2.24, 2.45) is 5.92 Å². The number of rotatable bonds is 6. The van der Waals surface area contributed by atoms with Crippen molar-refractivity contribution in [3.05, 3.63) is 65.5 Å². The molecule has 2 aliphatic heterocycles. The lowest BCUT2D eigenvalue weighted by Crippen LogP contribution is -2.54. The van der Waals surface area contributed by atoms with Crippen LogP contribution in [0.1, 0.15) is 51.7 Å². The third-order valence-corrected chi connectivity index (χ3v) is 7.63. The molecule has 2 aromatic carbocycles. The summed E-state index contributed by atoms with van der Waals surface area (Å²) in [6.07, 6.45) is 1.37. The molecule has 0 unspecified atom stereocenters. The summed E-state index contributed by atoms with van der Waals surface area (Å²) in [6.45, 7) is 13.1. The van der Waals surface area contributed by atoms with Crippen molar-refractivity contribution in [3.8, 4) is 0 Å². The molecule has 7 nitrogen and oxygen atoms in total. The van der Waals surface area contributed by atoms with Crippen LogP contribution in [0.3, 0.4) is 0 Å². The largest absolute Gasteiger partial charge is 0.444 e. The molecule has 8 heteroatoms. The minimum Gasteiger partial charge on any atom is -0.444 e. The third kappa shape index (κ3) is 8.02. The van der Waals surface area contributed by atoms with Crippen LogP contribution in [0.2, 0.25) is 0 Å². The molecule has 0 aliphatic carbocycles. The second kappa shape index (κ2) is 12.5. The van der Waals surface area contributed by atoms with Crippen molar-refractivity contribution >= 4 is 17.7 Å². The zero-order valence-corrected chi connectivity index (χ0v) is 24.0. The maximum atomic E-state index is 13.5. The zero-order valence-electron chi connectivity index (χ0n) is 24.0. The number of hydrogen-bond acceptors (Lipinski definition) is 5. The number of nitrogens with zero attached hydrogens (tertiary/aromatic N) is 4. The molecule has 39 heavy (non-hydrogen) atoms. The van der Waals surface area contributed by atoms with Crippen LogP contribution in [-0.2, 0) is 22.6 Å². The second-order valence-electron chi connectivity index (χ2n) is 12.0. The van der Waals surface area contributed by atoms with E-state index >= 15 is 0 Å². The van der Waals surface area contributed by atoms with Gasteiger partial charge in [0.15, 0.2) is 0 Å². The van der Waals surface area contributed by atoms with Crippen molar-refractivity contribution < 1.29 is 18.7 Å². The molecule has 0 spiro atoms. The molecule has 4 rings (SSSR count). The Bertz CT molecular complexity index is 1130. The predicted molar refractivity (Wildman–Crippen MR) is 152 cm³/mol. The lowest BCUT2D eigenvalue weighted by atomic mass is 9.94. The molecule has 0 aromatic heterocycles. The van der Waals surface area contributed by atoms with E-state index in [0.717, 1.165) is 56.8 Å². The van der Waals surface area contributed by atoms with E-state index in [1.54, 1.807) is 17.0 Å². The molecule has 0 saturated carbocycles. The number of piperazine rings is 1. The van der Waals surface area contributed by atoms with E-state index in [0.29, 0.717) is 13.1 Å². The molecule has 1 atom stereocenters. The molecule has 2 saturated heterocycles. The van der Waals surface area contributed by atoms with Gasteiger partial charge in [-0.15, -0.1) is 0 Å². The van der Waals surface area contributed by atoms with E-state index < -0.39 is 5.60 Å². The summed E-state index contributed by atoms with van der Waals surface area (Å²) in [6, 6.07) is 15.0. The summed E-state index contributed by atoms with van der Waals surface area (Å²) in [7, 11) is 1.86. The predicted octanol–water partition coefficient (Wildman–Crippen LogP) is 5.14. The monoisotopic (exact) mass is 538 g/mol. The molecule has 2 fully saturated rings. The standard InChI is InChI=1S/C31H43FN4O3/c1-23-20-35(17-18-36(23)30(38)39-31(2,3)4)21-24-9-11-28(12-10-24)33(5)29(37)26-13-15-34(16-14-26)22-25-7-6-8-27(32)19-25/h6-12,19,23,26H,13-18,20-22H2,1-5H3/t23-/m0/s1. The fourth-order valence-corrected chi connectivity index (χ4v) is 5.48. The topological polar surface area (TPSA) is 56.3 Å². The maximum absolute atomic E-state index is 13.5. The number of amides is 2. The van der Waals surface area contributed by atoms with E-state index in [-0.39, 0.29) is 29.8 Å². The fraction of sp³-hybridized carbons (Fsp3) is 0.548.